The number of hydrogen-bond donors (Lipinski definition) is 1. The Morgan fingerprint density at radius 1 is 1.24 bits per heavy atom. The molecule has 1 rings (SSSR count). The summed E-state index contributed by atoms with van der Waals surface area (Å²) >= 11 is 1.49. The average Bonchev–Trinajstić information content (AvgIpc) is 2.51. The molecular weight excluding hydrogens is 290 g/mol. The van der Waals surface area contributed by atoms with Gasteiger partial charge in [-0.25, -0.2) is 0 Å². The predicted octanol–water partition coefficient (Wildman–Crippen LogP) is 2.34. The van der Waals surface area contributed by atoms with E-state index in [0.29, 0.717) is 24.7 Å². The lowest BCUT2D eigenvalue weighted by molar-refractivity contribution is -0.120. The zero-order valence-electron chi connectivity index (χ0n) is 13.0. The molecule has 1 aromatic rings. The minimum Gasteiger partial charge on any atom is -0.493 e. The molecule has 5 nitrogen and oxygen atoms in total. The fourth-order valence-electron chi connectivity index (χ4n) is 1.72. The van der Waals surface area contributed by atoms with Crippen LogP contribution in [0.5, 0.6) is 11.5 Å². The van der Waals surface area contributed by atoms with Gasteiger partial charge in [-0.15, -0.1) is 11.8 Å². The number of nitrogens with one attached hydrogen (secondary N) is 1. The van der Waals surface area contributed by atoms with E-state index >= 15 is 0 Å². The molecule has 0 saturated heterocycles. The lowest BCUT2D eigenvalue weighted by atomic mass is 10.3. The molecule has 0 saturated carbocycles. The lowest BCUT2D eigenvalue weighted by Crippen LogP contribution is -2.32. The van der Waals surface area contributed by atoms with Gasteiger partial charge in [0.1, 0.15) is 0 Å². The fourth-order valence-corrected chi connectivity index (χ4v) is 2.64. The van der Waals surface area contributed by atoms with Crippen LogP contribution >= 0.6 is 11.8 Å². The second-order valence-corrected chi connectivity index (χ2v) is 5.83. The number of amides is 1. The van der Waals surface area contributed by atoms with E-state index in [4.69, 9.17) is 14.2 Å². The van der Waals surface area contributed by atoms with Crippen LogP contribution in [0.3, 0.4) is 0 Å². The van der Waals surface area contributed by atoms with Crippen LogP contribution in [-0.2, 0) is 9.53 Å². The van der Waals surface area contributed by atoms with Crippen molar-refractivity contribution in [1.82, 2.24) is 5.32 Å². The first-order valence-electron chi connectivity index (χ1n) is 6.77. The Morgan fingerprint density at radius 3 is 2.57 bits per heavy atom. The van der Waals surface area contributed by atoms with Crippen LogP contribution in [0.2, 0.25) is 0 Å². The third kappa shape index (κ3) is 5.85. The van der Waals surface area contributed by atoms with Gasteiger partial charge in [-0.1, -0.05) is 0 Å². The molecule has 118 valence electrons. The summed E-state index contributed by atoms with van der Waals surface area (Å²) < 4.78 is 15.4. The molecule has 0 aromatic heterocycles. The third-order valence-corrected chi connectivity index (χ3v) is 3.96. The molecule has 0 fully saturated rings. The van der Waals surface area contributed by atoms with Crippen LogP contribution < -0.4 is 14.8 Å². The summed E-state index contributed by atoms with van der Waals surface area (Å²) in [6.45, 7) is 3.16. The van der Waals surface area contributed by atoms with Crippen LogP contribution in [0, 0.1) is 0 Å². The van der Waals surface area contributed by atoms with Crippen LogP contribution in [0.1, 0.15) is 13.3 Å². The van der Waals surface area contributed by atoms with Crippen molar-refractivity contribution >= 4 is 17.7 Å². The van der Waals surface area contributed by atoms with Gasteiger partial charge in [-0.3, -0.25) is 4.79 Å². The van der Waals surface area contributed by atoms with Crippen molar-refractivity contribution in [3.8, 4) is 11.5 Å². The van der Waals surface area contributed by atoms with Crippen molar-refractivity contribution in [2.75, 3.05) is 34.5 Å². The Kier molecular flexibility index (Phi) is 8.00. The summed E-state index contributed by atoms with van der Waals surface area (Å²) in [6, 6.07) is 5.63. The Hall–Kier alpha value is -1.40. The molecule has 0 radical (unpaired) electrons. The van der Waals surface area contributed by atoms with Crippen molar-refractivity contribution in [2.24, 2.45) is 0 Å². The first kappa shape index (κ1) is 17.7. The summed E-state index contributed by atoms with van der Waals surface area (Å²) in [5.74, 6) is 1.36. The molecule has 0 unspecified atom stereocenters. The summed E-state index contributed by atoms with van der Waals surface area (Å²) in [5.41, 5.74) is 0. The van der Waals surface area contributed by atoms with Gasteiger partial charge in [0.15, 0.2) is 11.5 Å². The van der Waals surface area contributed by atoms with Gasteiger partial charge < -0.3 is 19.5 Å². The molecular formula is C15H23NO4S. The number of benzene rings is 1. The fraction of sp³-hybridized carbons (Fsp3) is 0.533. The minimum atomic E-state index is -0.175. The Bertz CT molecular complexity index is 453. The number of hydrogen-bond acceptors (Lipinski definition) is 5. The molecule has 0 aliphatic carbocycles. The highest BCUT2D eigenvalue weighted by Gasteiger charge is 2.15. The Morgan fingerprint density at radius 2 is 1.95 bits per heavy atom. The topological polar surface area (TPSA) is 56.8 Å². The first-order valence-corrected chi connectivity index (χ1v) is 7.65. The molecule has 0 heterocycles. The minimum absolute atomic E-state index is 0.0193. The van der Waals surface area contributed by atoms with E-state index in [0.717, 1.165) is 11.3 Å². The van der Waals surface area contributed by atoms with E-state index in [1.54, 1.807) is 21.3 Å². The number of rotatable bonds is 9. The molecule has 21 heavy (non-hydrogen) atoms. The van der Waals surface area contributed by atoms with Crippen molar-refractivity contribution in [3.63, 3.8) is 0 Å². The highest BCUT2D eigenvalue weighted by molar-refractivity contribution is 8.00. The summed E-state index contributed by atoms with van der Waals surface area (Å²) in [4.78, 5) is 12.9. The van der Waals surface area contributed by atoms with Crippen molar-refractivity contribution < 1.29 is 19.0 Å². The predicted molar refractivity (Wildman–Crippen MR) is 84.4 cm³/mol. The van der Waals surface area contributed by atoms with E-state index in [9.17, 15) is 4.79 Å². The Balaban J connectivity index is 2.53. The van der Waals surface area contributed by atoms with Crippen molar-refractivity contribution in [3.05, 3.63) is 18.2 Å². The van der Waals surface area contributed by atoms with Gasteiger partial charge in [0.2, 0.25) is 5.91 Å². The maximum absolute atomic E-state index is 12.0. The third-order valence-electron chi connectivity index (χ3n) is 2.86. The average molecular weight is 313 g/mol. The van der Waals surface area contributed by atoms with Crippen LogP contribution in [0.15, 0.2) is 23.1 Å². The van der Waals surface area contributed by atoms with Gasteiger partial charge in [-0.05, 0) is 31.5 Å². The zero-order valence-corrected chi connectivity index (χ0v) is 13.8. The monoisotopic (exact) mass is 313 g/mol. The van der Waals surface area contributed by atoms with E-state index in [1.165, 1.54) is 11.8 Å². The zero-order chi connectivity index (χ0) is 15.7. The molecule has 0 aliphatic rings. The van der Waals surface area contributed by atoms with E-state index < -0.39 is 0 Å². The van der Waals surface area contributed by atoms with Crippen LogP contribution in [-0.4, -0.2) is 45.6 Å². The summed E-state index contributed by atoms with van der Waals surface area (Å²) in [7, 11) is 4.84. The number of methoxy groups -OCH3 is 3. The number of ether oxygens (including phenoxy) is 3. The molecule has 1 amide bonds. The summed E-state index contributed by atoms with van der Waals surface area (Å²) in [6.07, 6.45) is 0.815. The van der Waals surface area contributed by atoms with Gasteiger partial charge in [0.05, 0.1) is 19.5 Å². The highest BCUT2D eigenvalue weighted by atomic mass is 32.2. The summed E-state index contributed by atoms with van der Waals surface area (Å²) in [5, 5.41) is 2.72. The van der Waals surface area contributed by atoms with Gasteiger partial charge in [-0.2, -0.15) is 0 Å². The molecule has 1 aromatic carbocycles. The normalized spacial score (nSPS) is 11.8. The maximum Gasteiger partial charge on any atom is 0.233 e. The van der Waals surface area contributed by atoms with E-state index in [2.05, 4.69) is 5.32 Å². The largest absolute Gasteiger partial charge is 0.493 e. The van der Waals surface area contributed by atoms with Gasteiger partial charge in [0.25, 0.3) is 0 Å². The van der Waals surface area contributed by atoms with Crippen molar-refractivity contribution in [1.29, 1.82) is 0 Å². The lowest BCUT2D eigenvalue weighted by Gasteiger charge is -2.13. The maximum atomic E-state index is 12.0. The van der Waals surface area contributed by atoms with E-state index in [1.807, 2.05) is 25.1 Å². The van der Waals surface area contributed by atoms with Gasteiger partial charge >= 0.3 is 0 Å². The first-order chi connectivity index (χ1) is 10.1. The number of carbonyl (C=O) groups is 1. The molecule has 0 spiro atoms. The molecule has 0 bridgehead atoms. The molecule has 6 heteroatoms. The number of thioether (sulfide) groups is 1. The van der Waals surface area contributed by atoms with Crippen molar-refractivity contribution in [2.45, 2.75) is 23.5 Å². The molecule has 0 aliphatic heterocycles. The second kappa shape index (κ2) is 9.52. The molecule has 1 N–H and O–H groups in total. The quantitative estimate of drug-likeness (QED) is 0.560. The van der Waals surface area contributed by atoms with E-state index in [-0.39, 0.29) is 11.2 Å². The standard InChI is InChI=1S/C15H23NO4S/c1-11(15(17)16-8-5-9-18-2)21-12-6-7-13(19-3)14(10-12)20-4/h6-7,10-11H,5,8-9H2,1-4H3,(H,16,17)/t11-/m0/s1. The van der Waals surface area contributed by atoms with Gasteiger partial charge in [0, 0.05) is 25.2 Å². The smallest absolute Gasteiger partial charge is 0.233 e. The highest BCUT2D eigenvalue weighted by Crippen LogP contribution is 2.33. The SMILES string of the molecule is COCCCNC(=O)[C@H](C)Sc1ccc(OC)c(OC)c1. The second-order valence-electron chi connectivity index (χ2n) is 4.41. The van der Waals surface area contributed by atoms with Crippen LogP contribution in [0.4, 0.5) is 0 Å². The molecule has 1 atom stereocenters. The number of carbonyl (C=O) groups excluding carboxylic acids is 1. The van der Waals surface area contributed by atoms with Crippen LogP contribution in [0.25, 0.3) is 0 Å². The Labute approximate surface area is 130 Å².